The lowest BCUT2D eigenvalue weighted by atomic mass is 10.1. The van der Waals surface area contributed by atoms with E-state index in [0.717, 1.165) is 0 Å². The molecule has 0 spiro atoms. The SMILES string of the molecule is Cc1ccc2scc(CON)c2c1. The molecule has 2 N–H and O–H groups in total. The van der Waals surface area contributed by atoms with Crippen molar-refractivity contribution in [2.75, 3.05) is 0 Å². The van der Waals surface area contributed by atoms with Crippen LogP contribution in [0.4, 0.5) is 0 Å². The Kier molecular flexibility index (Phi) is 2.31. The van der Waals surface area contributed by atoms with E-state index >= 15 is 0 Å². The summed E-state index contributed by atoms with van der Waals surface area (Å²) in [6.07, 6.45) is 0. The number of benzene rings is 1. The summed E-state index contributed by atoms with van der Waals surface area (Å²) in [5.41, 5.74) is 2.44. The van der Waals surface area contributed by atoms with E-state index in [1.165, 1.54) is 21.2 Å². The van der Waals surface area contributed by atoms with Gasteiger partial charge in [0.2, 0.25) is 0 Å². The summed E-state index contributed by atoms with van der Waals surface area (Å²) in [4.78, 5) is 4.64. The molecular weight excluding hydrogens is 182 g/mol. The van der Waals surface area contributed by atoms with Gasteiger partial charge in [0, 0.05) is 4.70 Å². The molecule has 1 aromatic heterocycles. The maximum atomic E-state index is 5.05. The molecule has 0 fully saturated rings. The van der Waals surface area contributed by atoms with Gasteiger partial charge in [-0.25, -0.2) is 5.90 Å². The van der Waals surface area contributed by atoms with Crippen LogP contribution in [0.25, 0.3) is 10.1 Å². The number of aryl methyl sites for hydroxylation is 1. The monoisotopic (exact) mass is 193 g/mol. The molecule has 0 atom stereocenters. The fourth-order valence-corrected chi connectivity index (χ4v) is 2.33. The molecule has 0 aliphatic carbocycles. The van der Waals surface area contributed by atoms with E-state index in [2.05, 4.69) is 35.3 Å². The molecule has 1 heterocycles. The summed E-state index contributed by atoms with van der Waals surface area (Å²) < 4.78 is 1.29. The molecule has 0 amide bonds. The van der Waals surface area contributed by atoms with Gasteiger partial charge >= 0.3 is 0 Å². The van der Waals surface area contributed by atoms with E-state index in [-0.39, 0.29) is 0 Å². The van der Waals surface area contributed by atoms with Gasteiger partial charge < -0.3 is 0 Å². The molecule has 0 unspecified atom stereocenters. The minimum absolute atomic E-state index is 0.490. The Morgan fingerprint density at radius 1 is 1.46 bits per heavy atom. The predicted octanol–water partition coefficient (Wildman–Crippen LogP) is 2.60. The maximum Gasteiger partial charge on any atom is 0.0944 e. The Balaban J connectivity index is 2.58. The van der Waals surface area contributed by atoms with Crippen molar-refractivity contribution < 1.29 is 4.84 Å². The van der Waals surface area contributed by atoms with Crippen LogP contribution in [0, 0.1) is 6.92 Å². The Labute approximate surface area is 80.9 Å². The highest BCUT2D eigenvalue weighted by molar-refractivity contribution is 7.17. The number of fused-ring (bicyclic) bond motifs is 1. The third kappa shape index (κ3) is 1.58. The smallest absolute Gasteiger partial charge is 0.0944 e. The Morgan fingerprint density at radius 3 is 3.08 bits per heavy atom. The first-order valence-electron chi connectivity index (χ1n) is 4.09. The highest BCUT2D eigenvalue weighted by Gasteiger charge is 2.03. The molecule has 2 rings (SSSR count). The van der Waals surface area contributed by atoms with E-state index in [0.29, 0.717) is 6.61 Å². The number of hydrogen-bond donors (Lipinski definition) is 1. The Bertz CT molecular complexity index is 422. The molecule has 0 aliphatic heterocycles. The van der Waals surface area contributed by atoms with Crippen LogP contribution >= 0.6 is 11.3 Å². The molecule has 13 heavy (non-hydrogen) atoms. The van der Waals surface area contributed by atoms with Crippen molar-refractivity contribution in [3.8, 4) is 0 Å². The third-order valence-electron chi connectivity index (χ3n) is 2.05. The number of rotatable bonds is 2. The van der Waals surface area contributed by atoms with E-state index < -0.39 is 0 Å². The van der Waals surface area contributed by atoms with Crippen molar-refractivity contribution in [1.29, 1.82) is 0 Å². The molecular formula is C10H11NOS. The second kappa shape index (κ2) is 3.46. The lowest BCUT2D eigenvalue weighted by molar-refractivity contribution is 0.125. The van der Waals surface area contributed by atoms with E-state index in [4.69, 9.17) is 5.90 Å². The van der Waals surface area contributed by atoms with E-state index in [9.17, 15) is 0 Å². The van der Waals surface area contributed by atoms with Crippen molar-refractivity contribution in [1.82, 2.24) is 0 Å². The second-order valence-electron chi connectivity index (χ2n) is 3.07. The molecule has 3 heteroatoms. The van der Waals surface area contributed by atoms with Crippen LogP contribution in [0.1, 0.15) is 11.1 Å². The van der Waals surface area contributed by atoms with Crippen molar-refractivity contribution in [2.24, 2.45) is 5.90 Å². The number of hydrogen-bond acceptors (Lipinski definition) is 3. The van der Waals surface area contributed by atoms with Crippen LogP contribution in [0.5, 0.6) is 0 Å². The third-order valence-corrected chi connectivity index (χ3v) is 3.06. The molecule has 0 saturated carbocycles. The lowest BCUT2D eigenvalue weighted by Gasteiger charge is -1.97. The van der Waals surface area contributed by atoms with Gasteiger partial charge in [0.15, 0.2) is 0 Å². The number of thiophene rings is 1. The molecule has 1 aromatic carbocycles. The van der Waals surface area contributed by atoms with Crippen LogP contribution < -0.4 is 5.90 Å². The van der Waals surface area contributed by atoms with Crippen LogP contribution in [0.3, 0.4) is 0 Å². The zero-order valence-electron chi connectivity index (χ0n) is 7.41. The van der Waals surface area contributed by atoms with Gasteiger partial charge in [-0.05, 0) is 29.3 Å². The quantitative estimate of drug-likeness (QED) is 0.744. The first kappa shape index (κ1) is 8.69. The Morgan fingerprint density at radius 2 is 2.31 bits per heavy atom. The van der Waals surface area contributed by atoms with Gasteiger partial charge in [-0.3, -0.25) is 4.84 Å². The first-order valence-corrected chi connectivity index (χ1v) is 4.97. The predicted molar refractivity (Wildman–Crippen MR) is 55.5 cm³/mol. The van der Waals surface area contributed by atoms with Gasteiger partial charge in [-0.2, -0.15) is 0 Å². The van der Waals surface area contributed by atoms with E-state index in [1.807, 2.05) is 0 Å². The number of nitrogens with two attached hydrogens (primary N) is 1. The second-order valence-corrected chi connectivity index (χ2v) is 3.98. The lowest BCUT2D eigenvalue weighted by Crippen LogP contribution is -1.97. The average Bonchev–Trinajstić information content (AvgIpc) is 2.49. The van der Waals surface area contributed by atoms with Crippen molar-refractivity contribution >= 4 is 21.4 Å². The fourth-order valence-electron chi connectivity index (χ4n) is 1.40. The molecule has 68 valence electrons. The maximum absolute atomic E-state index is 5.05. The van der Waals surface area contributed by atoms with Crippen molar-refractivity contribution in [3.05, 3.63) is 34.7 Å². The van der Waals surface area contributed by atoms with Crippen molar-refractivity contribution in [3.63, 3.8) is 0 Å². The van der Waals surface area contributed by atoms with Crippen LogP contribution in [0.15, 0.2) is 23.6 Å². The highest BCUT2D eigenvalue weighted by Crippen LogP contribution is 2.26. The van der Waals surface area contributed by atoms with Crippen molar-refractivity contribution in [2.45, 2.75) is 13.5 Å². The van der Waals surface area contributed by atoms with Gasteiger partial charge in [-0.15, -0.1) is 11.3 Å². The summed E-state index contributed by atoms with van der Waals surface area (Å²) in [5.74, 6) is 5.05. The normalized spacial score (nSPS) is 10.9. The molecule has 0 saturated heterocycles. The van der Waals surface area contributed by atoms with E-state index in [1.54, 1.807) is 11.3 Å². The van der Waals surface area contributed by atoms with Gasteiger partial charge in [0.05, 0.1) is 6.61 Å². The van der Waals surface area contributed by atoms with Crippen LogP contribution in [-0.4, -0.2) is 0 Å². The molecule has 2 aromatic rings. The Hall–Kier alpha value is -0.900. The highest BCUT2D eigenvalue weighted by atomic mass is 32.1. The first-order chi connectivity index (χ1) is 6.31. The standard InChI is InChI=1S/C10H11NOS/c1-7-2-3-10-9(4-7)8(5-12-11)6-13-10/h2-4,6H,5,11H2,1H3. The summed E-state index contributed by atoms with van der Waals surface area (Å²) in [6.45, 7) is 2.58. The fraction of sp³-hybridized carbons (Fsp3) is 0.200. The molecule has 0 aliphatic rings. The van der Waals surface area contributed by atoms with Gasteiger partial charge in [0.1, 0.15) is 0 Å². The summed E-state index contributed by atoms with van der Waals surface area (Å²) in [7, 11) is 0. The topological polar surface area (TPSA) is 35.2 Å². The zero-order chi connectivity index (χ0) is 9.26. The average molecular weight is 193 g/mol. The van der Waals surface area contributed by atoms with Gasteiger partial charge in [-0.1, -0.05) is 17.7 Å². The molecule has 2 nitrogen and oxygen atoms in total. The summed E-state index contributed by atoms with van der Waals surface area (Å²) >= 11 is 1.73. The van der Waals surface area contributed by atoms with Crippen LogP contribution in [-0.2, 0) is 11.4 Å². The molecule has 0 bridgehead atoms. The summed E-state index contributed by atoms with van der Waals surface area (Å²) in [6, 6.07) is 6.42. The molecule has 0 radical (unpaired) electrons. The zero-order valence-corrected chi connectivity index (χ0v) is 8.23. The largest absolute Gasteiger partial charge is 0.300 e. The van der Waals surface area contributed by atoms with Crippen LogP contribution in [0.2, 0.25) is 0 Å². The minimum Gasteiger partial charge on any atom is -0.300 e. The summed E-state index contributed by atoms with van der Waals surface area (Å²) in [5, 5.41) is 3.35. The van der Waals surface area contributed by atoms with Gasteiger partial charge in [0.25, 0.3) is 0 Å². The minimum atomic E-state index is 0.490.